The van der Waals surface area contributed by atoms with Gasteiger partial charge in [-0.3, -0.25) is 10.00 Å². The highest BCUT2D eigenvalue weighted by Gasteiger charge is 2.28. The summed E-state index contributed by atoms with van der Waals surface area (Å²) >= 11 is 1.41. The van der Waals surface area contributed by atoms with Gasteiger partial charge in [-0.15, -0.1) is 11.3 Å². The fourth-order valence-corrected chi connectivity index (χ4v) is 3.39. The number of nitrogens with zero attached hydrogens (tertiary/aromatic N) is 3. The van der Waals surface area contributed by atoms with E-state index < -0.39 is 0 Å². The molecule has 1 unspecified atom stereocenters. The van der Waals surface area contributed by atoms with E-state index in [0.29, 0.717) is 5.13 Å². The van der Waals surface area contributed by atoms with Gasteiger partial charge in [-0.25, -0.2) is 9.78 Å². The van der Waals surface area contributed by atoms with Crippen molar-refractivity contribution in [3.8, 4) is 0 Å². The third-order valence-electron chi connectivity index (χ3n) is 3.78. The Kier molecular flexibility index (Phi) is 3.90. The summed E-state index contributed by atoms with van der Waals surface area (Å²) in [6.45, 7) is 6.44. The molecule has 1 aliphatic rings. The second-order valence-corrected chi connectivity index (χ2v) is 7.40. The molecule has 1 atom stereocenters. The number of thiazole rings is 1. The molecule has 0 radical (unpaired) electrons. The van der Waals surface area contributed by atoms with Crippen molar-refractivity contribution in [3.05, 3.63) is 29.0 Å². The van der Waals surface area contributed by atoms with Crippen molar-refractivity contribution in [3.63, 3.8) is 0 Å². The molecule has 0 aromatic carbocycles. The molecule has 0 fully saturated rings. The van der Waals surface area contributed by atoms with Gasteiger partial charge in [-0.05, 0) is 40.0 Å². The summed E-state index contributed by atoms with van der Waals surface area (Å²) in [7, 11) is 0. The first-order valence-electron chi connectivity index (χ1n) is 7.49. The molecule has 6 nitrogen and oxygen atoms in total. The van der Waals surface area contributed by atoms with Gasteiger partial charge in [0.1, 0.15) is 0 Å². The molecular formula is C15H21N5OS. The number of anilines is 1. The van der Waals surface area contributed by atoms with Crippen molar-refractivity contribution >= 4 is 22.5 Å². The number of aromatic nitrogens is 3. The second-order valence-electron chi connectivity index (χ2n) is 6.51. The van der Waals surface area contributed by atoms with Crippen LogP contribution in [0.1, 0.15) is 50.9 Å². The van der Waals surface area contributed by atoms with Crippen LogP contribution < -0.4 is 10.6 Å². The van der Waals surface area contributed by atoms with Crippen LogP contribution in [0.4, 0.5) is 9.93 Å². The van der Waals surface area contributed by atoms with Gasteiger partial charge in [0, 0.05) is 22.8 Å². The maximum atomic E-state index is 12.1. The predicted molar refractivity (Wildman–Crippen MR) is 87.2 cm³/mol. The highest BCUT2D eigenvalue weighted by molar-refractivity contribution is 7.13. The molecule has 1 aliphatic carbocycles. The van der Waals surface area contributed by atoms with Crippen molar-refractivity contribution < 1.29 is 4.79 Å². The Labute approximate surface area is 133 Å². The minimum absolute atomic E-state index is 0.0137. The zero-order chi connectivity index (χ0) is 15.7. The number of carbonyl (C=O) groups excluding carboxylic acids is 1. The van der Waals surface area contributed by atoms with Gasteiger partial charge < -0.3 is 5.32 Å². The molecule has 118 valence electrons. The van der Waals surface area contributed by atoms with E-state index in [-0.39, 0.29) is 17.6 Å². The number of carbonyl (C=O) groups is 1. The molecule has 2 aromatic rings. The summed E-state index contributed by atoms with van der Waals surface area (Å²) in [6, 6.07) is -0.198. The van der Waals surface area contributed by atoms with Gasteiger partial charge in [-0.2, -0.15) is 5.10 Å². The van der Waals surface area contributed by atoms with Crippen LogP contribution in [0.3, 0.4) is 0 Å². The number of fused-ring (bicyclic) bond motifs is 1. The Balaban J connectivity index is 1.75. The molecule has 0 spiro atoms. The average molecular weight is 319 g/mol. The molecule has 2 heterocycles. The summed E-state index contributed by atoms with van der Waals surface area (Å²) in [6.07, 6.45) is 6.57. The number of rotatable bonds is 2. The molecule has 2 aromatic heterocycles. The van der Waals surface area contributed by atoms with Gasteiger partial charge in [0.15, 0.2) is 5.13 Å². The van der Waals surface area contributed by atoms with Crippen LogP contribution >= 0.6 is 11.3 Å². The minimum Gasteiger partial charge on any atom is -0.331 e. The molecule has 2 N–H and O–H groups in total. The lowest BCUT2D eigenvalue weighted by molar-refractivity contribution is 0.247. The lowest BCUT2D eigenvalue weighted by atomic mass is 9.92. The van der Waals surface area contributed by atoms with Crippen molar-refractivity contribution in [1.82, 2.24) is 20.1 Å². The van der Waals surface area contributed by atoms with E-state index in [4.69, 9.17) is 0 Å². The topological polar surface area (TPSA) is 71.8 Å². The van der Waals surface area contributed by atoms with Crippen LogP contribution in [0.25, 0.3) is 0 Å². The van der Waals surface area contributed by atoms with Crippen molar-refractivity contribution in [2.24, 2.45) is 0 Å². The van der Waals surface area contributed by atoms with Crippen LogP contribution in [0.2, 0.25) is 0 Å². The first-order chi connectivity index (χ1) is 10.4. The Morgan fingerprint density at radius 1 is 1.45 bits per heavy atom. The van der Waals surface area contributed by atoms with Gasteiger partial charge in [-0.1, -0.05) is 0 Å². The van der Waals surface area contributed by atoms with Crippen LogP contribution in [0.15, 0.2) is 17.8 Å². The highest BCUT2D eigenvalue weighted by Crippen LogP contribution is 2.32. The molecule has 0 aliphatic heterocycles. The fourth-order valence-electron chi connectivity index (χ4n) is 2.86. The van der Waals surface area contributed by atoms with E-state index >= 15 is 0 Å². The van der Waals surface area contributed by atoms with E-state index in [1.54, 1.807) is 6.20 Å². The summed E-state index contributed by atoms with van der Waals surface area (Å²) in [5, 5.41) is 12.8. The molecule has 7 heteroatoms. The van der Waals surface area contributed by atoms with Crippen molar-refractivity contribution in [1.29, 1.82) is 0 Å². The van der Waals surface area contributed by atoms with E-state index in [2.05, 4.69) is 46.2 Å². The maximum Gasteiger partial charge on any atom is 0.321 e. The normalized spacial score (nSPS) is 17.9. The Morgan fingerprint density at radius 2 is 2.27 bits per heavy atom. The maximum absolute atomic E-state index is 12.1. The second kappa shape index (κ2) is 5.72. The van der Waals surface area contributed by atoms with Gasteiger partial charge in [0.05, 0.1) is 17.8 Å². The van der Waals surface area contributed by atoms with Gasteiger partial charge in [0.2, 0.25) is 0 Å². The van der Waals surface area contributed by atoms with Gasteiger partial charge >= 0.3 is 6.03 Å². The number of nitrogens with one attached hydrogen (secondary N) is 2. The monoisotopic (exact) mass is 319 g/mol. The molecule has 0 bridgehead atoms. The first-order valence-corrected chi connectivity index (χ1v) is 8.37. The van der Waals surface area contributed by atoms with Crippen LogP contribution in [-0.2, 0) is 12.0 Å². The Morgan fingerprint density at radius 3 is 2.95 bits per heavy atom. The zero-order valence-electron chi connectivity index (χ0n) is 13.1. The average Bonchev–Trinajstić information content (AvgIpc) is 3.06. The summed E-state index contributed by atoms with van der Waals surface area (Å²) < 4.78 is 2.08. The van der Waals surface area contributed by atoms with Crippen LogP contribution in [0.5, 0.6) is 0 Å². The Hall–Kier alpha value is -1.89. The number of hydrogen-bond donors (Lipinski definition) is 2. The largest absolute Gasteiger partial charge is 0.331 e. The highest BCUT2D eigenvalue weighted by atomic mass is 32.1. The zero-order valence-corrected chi connectivity index (χ0v) is 13.9. The van der Waals surface area contributed by atoms with Crippen molar-refractivity contribution in [2.45, 2.75) is 51.6 Å². The minimum atomic E-state index is -0.212. The predicted octanol–water partition coefficient (Wildman–Crippen LogP) is 3.29. The lowest BCUT2D eigenvalue weighted by Gasteiger charge is -2.28. The third-order valence-corrected chi connectivity index (χ3v) is 4.47. The van der Waals surface area contributed by atoms with E-state index in [0.717, 1.165) is 24.8 Å². The standard InChI is InChI=1S/C15H21N5OS/c1-15(2,3)20-12-6-4-5-11(10(12)9-17-20)18-13(21)19-14-16-7-8-22-14/h7-9,11H,4-6H2,1-3H3,(H2,16,18,19,21). The fraction of sp³-hybridized carbons (Fsp3) is 0.533. The summed E-state index contributed by atoms with van der Waals surface area (Å²) in [5.74, 6) is 0. The number of hydrogen-bond acceptors (Lipinski definition) is 4. The third kappa shape index (κ3) is 2.99. The molecule has 22 heavy (non-hydrogen) atoms. The quantitative estimate of drug-likeness (QED) is 0.892. The lowest BCUT2D eigenvalue weighted by Crippen LogP contribution is -2.35. The smallest absolute Gasteiger partial charge is 0.321 e. The van der Waals surface area contributed by atoms with E-state index in [9.17, 15) is 4.79 Å². The molecular weight excluding hydrogens is 298 g/mol. The summed E-state index contributed by atoms with van der Waals surface area (Å²) in [5.41, 5.74) is 2.33. The Bertz CT molecular complexity index is 656. The molecule has 0 saturated heterocycles. The van der Waals surface area contributed by atoms with E-state index in [1.807, 2.05) is 11.6 Å². The molecule has 3 rings (SSSR count). The van der Waals surface area contributed by atoms with Gasteiger partial charge in [0.25, 0.3) is 0 Å². The summed E-state index contributed by atoms with van der Waals surface area (Å²) in [4.78, 5) is 16.2. The molecule has 0 saturated carbocycles. The SMILES string of the molecule is CC(C)(C)n1ncc2c1CCCC2NC(=O)Nc1nccs1. The number of amides is 2. The van der Waals surface area contributed by atoms with Crippen LogP contribution in [0, 0.1) is 0 Å². The molecule has 2 amide bonds. The number of urea groups is 1. The van der Waals surface area contributed by atoms with Crippen molar-refractivity contribution in [2.75, 3.05) is 5.32 Å². The first kappa shape index (κ1) is 15.0. The van der Waals surface area contributed by atoms with E-state index in [1.165, 1.54) is 17.0 Å². The van der Waals surface area contributed by atoms with Crippen LogP contribution in [-0.4, -0.2) is 20.8 Å².